The lowest BCUT2D eigenvalue weighted by atomic mass is 10.2. The fraction of sp³-hybridized carbons (Fsp3) is 0.538. The Morgan fingerprint density at radius 3 is 2.67 bits per heavy atom. The minimum absolute atomic E-state index is 0.188. The predicted molar refractivity (Wildman–Crippen MR) is 73.4 cm³/mol. The molecule has 0 aliphatic rings. The van der Waals surface area contributed by atoms with Crippen LogP contribution < -0.4 is 4.74 Å². The van der Waals surface area contributed by atoms with Crippen molar-refractivity contribution in [2.24, 2.45) is 0 Å². The molecule has 0 aliphatic carbocycles. The Morgan fingerprint density at radius 2 is 2.06 bits per heavy atom. The van der Waals surface area contributed by atoms with E-state index in [1.165, 1.54) is 4.31 Å². The van der Waals surface area contributed by atoms with Crippen molar-refractivity contribution < 1.29 is 13.2 Å². The van der Waals surface area contributed by atoms with Gasteiger partial charge in [0.1, 0.15) is 12.4 Å². The molecule has 0 saturated heterocycles. The molecule has 0 bridgehead atoms. The van der Waals surface area contributed by atoms with Gasteiger partial charge in [-0.1, -0.05) is 19.1 Å². The fourth-order valence-electron chi connectivity index (χ4n) is 1.55. The van der Waals surface area contributed by atoms with Crippen LogP contribution >= 0.6 is 0 Å². The fourth-order valence-corrected chi connectivity index (χ4v) is 2.73. The zero-order valence-electron chi connectivity index (χ0n) is 11.2. The smallest absolute Gasteiger partial charge is 0.213 e. The SMILES string of the molecule is CCCS(=O)(=O)N(C)CCOc1cccc(C)c1. The Kier molecular flexibility index (Phi) is 5.62. The average molecular weight is 271 g/mol. The summed E-state index contributed by atoms with van der Waals surface area (Å²) in [5.41, 5.74) is 1.12. The van der Waals surface area contributed by atoms with Crippen molar-refractivity contribution in [3.63, 3.8) is 0 Å². The van der Waals surface area contributed by atoms with Crippen molar-refractivity contribution in [3.05, 3.63) is 29.8 Å². The van der Waals surface area contributed by atoms with Crippen molar-refractivity contribution in [2.45, 2.75) is 20.3 Å². The van der Waals surface area contributed by atoms with E-state index in [1.54, 1.807) is 7.05 Å². The molecule has 0 saturated carbocycles. The van der Waals surface area contributed by atoms with Crippen molar-refractivity contribution >= 4 is 10.0 Å². The lowest BCUT2D eigenvalue weighted by molar-refractivity contribution is 0.286. The first-order valence-electron chi connectivity index (χ1n) is 6.09. The second-order valence-corrected chi connectivity index (χ2v) is 6.50. The van der Waals surface area contributed by atoms with Gasteiger partial charge in [-0.15, -0.1) is 0 Å². The molecule has 0 aliphatic heterocycles. The highest BCUT2D eigenvalue weighted by molar-refractivity contribution is 7.89. The molecule has 0 radical (unpaired) electrons. The van der Waals surface area contributed by atoms with Crippen LogP contribution in [0, 0.1) is 6.92 Å². The van der Waals surface area contributed by atoms with Gasteiger partial charge < -0.3 is 4.74 Å². The second-order valence-electron chi connectivity index (χ2n) is 4.30. The van der Waals surface area contributed by atoms with E-state index < -0.39 is 10.0 Å². The van der Waals surface area contributed by atoms with E-state index >= 15 is 0 Å². The summed E-state index contributed by atoms with van der Waals surface area (Å²) in [5, 5.41) is 0. The normalized spacial score (nSPS) is 11.8. The third-order valence-corrected chi connectivity index (χ3v) is 4.66. The number of benzene rings is 1. The van der Waals surface area contributed by atoms with Gasteiger partial charge in [-0.2, -0.15) is 0 Å². The number of sulfonamides is 1. The topological polar surface area (TPSA) is 46.6 Å². The van der Waals surface area contributed by atoms with E-state index in [9.17, 15) is 8.42 Å². The number of hydrogen-bond acceptors (Lipinski definition) is 3. The molecule has 0 aromatic heterocycles. The summed E-state index contributed by atoms with van der Waals surface area (Å²) in [5.74, 6) is 0.963. The number of rotatable bonds is 7. The first kappa shape index (κ1) is 15.0. The van der Waals surface area contributed by atoms with Crippen LogP contribution in [0.2, 0.25) is 0 Å². The minimum Gasteiger partial charge on any atom is -0.492 e. The van der Waals surface area contributed by atoms with Crippen LogP contribution in [0.1, 0.15) is 18.9 Å². The van der Waals surface area contributed by atoms with Crippen LogP contribution in [0.25, 0.3) is 0 Å². The summed E-state index contributed by atoms with van der Waals surface area (Å²) in [6.45, 7) is 4.58. The average Bonchev–Trinajstić information content (AvgIpc) is 2.28. The van der Waals surface area contributed by atoms with Gasteiger partial charge in [-0.05, 0) is 31.0 Å². The van der Waals surface area contributed by atoms with E-state index in [1.807, 2.05) is 38.1 Å². The molecule has 0 fully saturated rings. The van der Waals surface area contributed by atoms with Crippen molar-refractivity contribution in [1.82, 2.24) is 4.31 Å². The van der Waals surface area contributed by atoms with Gasteiger partial charge in [-0.25, -0.2) is 12.7 Å². The number of hydrogen-bond donors (Lipinski definition) is 0. The van der Waals surface area contributed by atoms with Gasteiger partial charge in [0.2, 0.25) is 10.0 Å². The Bertz CT molecular complexity index is 471. The monoisotopic (exact) mass is 271 g/mol. The molecule has 1 rings (SSSR count). The lowest BCUT2D eigenvalue weighted by Gasteiger charge is -2.17. The van der Waals surface area contributed by atoms with Crippen molar-refractivity contribution in [1.29, 1.82) is 0 Å². The first-order valence-corrected chi connectivity index (χ1v) is 7.70. The summed E-state index contributed by atoms with van der Waals surface area (Å²) in [6.07, 6.45) is 0.630. The van der Waals surface area contributed by atoms with Gasteiger partial charge in [0.15, 0.2) is 0 Å². The summed E-state index contributed by atoms with van der Waals surface area (Å²) >= 11 is 0. The van der Waals surface area contributed by atoms with Gasteiger partial charge in [-0.3, -0.25) is 0 Å². The van der Waals surface area contributed by atoms with Crippen LogP contribution in [-0.2, 0) is 10.0 Å². The van der Waals surface area contributed by atoms with Crippen LogP contribution in [0.5, 0.6) is 5.75 Å². The molecule has 1 aromatic carbocycles. The molecule has 0 spiro atoms. The van der Waals surface area contributed by atoms with E-state index in [-0.39, 0.29) is 5.75 Å². The second kappa shape index (κ2) is 6.75. The molecular formula is C13H21NO3S. The van der Waals surface area contributed by atoms with E-state index in [0.29, 0.717) is 19.6 Å². The predicted octanol–water partition coefficient (Wildman–Crippen LogP) is 2.05. The number of ether oxygens (including phenoxy) is 1. The zero-order chi connectivity index (χ0) is 13.6. The largest absolute Gasteiger partial charge is 0.492 e. The molecule has 4 nitrogen and oxygen atoms in total. The maximum Gasteiger partial charge on any atom is 0.213 e. The van der Waals surface area contributed by atoms with Crippen LogP contribution in [0.3, 0.4) is 0 Å². The summed E-state index contributed by atoms with van der Waals surface area (Å²) in [4.78, 5) is 0. The van der Waals surface area contributed by atoms with Gasteiger partial charge >= 0.3 is 0 Å². The van der Waals surface area contributed by atoms with E-state index in [4.69, 9.17) is 4.74 Å². The molecule has 0 atom stereocenters. The Balaban J connectivity index is 2.42. The zero-order valence-corrected chi connectivity index (χ0v) is 12.0. The number of likely N-dealkylation sites (N-methyl/N-ethyl adjacent to an activating group) is 1. The molecular weight excluding hydrogens is 250 g/mol. The first-order chi connectivity index (χ1) is 8.45. The summed E-state index contributed by atoms with van der Waals surface area (Å²) in [6, 6.07) is 7.71. The maximum absolute atomic E-state index is 11.7. The van der Waals surface area contributed by atoms with Crippen molar-refractivity contribution in [3.8, 4) is 5.75 Å². The van der Waals surface area contributed by atoms with E-state index in [0.717, 1.165) is 11.3 Å². The molecule has 0 unspecified atom stereocenters. The Morgan fingerprint density at radius 1 is 1.33 bits per heavy atom. The molecule has 0 amide bonds. The number of nitrogens with zero attached hydrogens (tertiary/aromatic N) is 1. The molecule has 0 N–H and O–H groups in total. The molecule has 18 heavy (non-hydrogen) atoms. The summed E-state index contributed by atoms with van der Waals surface area (Å²) in [7, 11) is -1.53. The van der Waals surface area contributed by atoms with Crippen LogP contribution in [-0.4, -0.2) is 38.7 Å². The highest BCUT2D eigenvalue weighted by Crippen LogP contribution is 2.12. The van der Waals surface area contributed by atoms with Crippen LogP contribution in [0.4, 0.5) is 0 Å². The molecule has 0 heterocycles. The summed E-state index contributed by atoms with van der Waals surface area (Å²) < 4.78 is 30.3. The third kappa shape index (κ3) is 4.66. The molecule has 1 aromatic rings. The lowest BCUT2D eigenvalue weighted by Crippen LogP contribution is -2.32. The van der Waals surface area contributed by atoms with Gasteiger partial charge in [0.05, 0.1) is 5.75 Å². The molecule has 5 heteroatoms. The standard InChI is InChI=1S/C13H21NO3S/c1-4-10-18(15,16)14(3)8-9-17-13-7-5-6-12(2)11-13/h5-7,11H,4,8-10H2,1-3H3. The maximum atomic E-state index is 11.7. The minimum atomic E-state index is -3.12. The quantitative estimate of drug-likeness (QED) is 0.762. The van der Waals surface area contributed by atoms with Crippen LogP contribution in [0.15, 0.2) is 24.3 Å². The third-order valence-electron chi connectivity index (χ3n) is 2.60. The van der Waals surface area contributed by atoms with E-state index in [2.05, 4.69) is 0 Å². The number of aryl methyl sites for hydroxylation is 1. The van der Waals surface area contributed by atoms with Crippen molar-refractivity contribution in [2.75, 3.05) is 26.0 Å². The highest BCUT2D eigenvalue weighted by Gasteiger charge is 2.15. The Labute approximate surface area is 110 Å². The highest BCUT2D eigenvalue weighted by atomic mass is 32.2. The Hall–Kier alpha value is -1.07. The van der Waals surface area contributed by atoms with Gasteiger partial charge in [0.25, 0.3) is 0 Å². The molecule has 102 valence electrons. The van der Waals surface area contributed by atoms with Gasteiger partial charge in [0, 0.05) is 13.6 Å².